The second kappa shape index (κ2) is 9.81. The van der Waals surface area contributed by atoms with Crippen molar-refractivity contribution in [2.75, 3.05) is 4.90 Å². The molecule has 0 saturated carbocycles. The molecule has 1 nitrogen and oxygen atoms in total. The summed E-state index contributed by atoms with van der Waals surface area (Å²) in [6, 6.07) is 55.4. The van der Waals surface area contributed by atoms with E-state index in [1.165, 1.54) is 73.6 Å². The van der Waals surface area contributed by atoms with Gasteiger partial charge in [-0.15, -0.1) is 22.7 Å². The topological polar surface area (TPSA) is 3.24 Å². The van der Waals surface area contributed by atoms with Gasteiger partial charge in [-0.2, -0.15) is 0 Å². The molecule has 0 N–H and O–H groups in total. The average Bonchev–Trinajstić information content (AvgIpc) is 3.64. The van der Waals surface area contributed by atoms with Crippen molar-refractivity contribution in [3.8, 4) is 11.1 Å². The Morgan fingerprint density at radius 3 is 1.98 bits per heavy atom. The van der Waals surface area contributed by atoms with Crippen LogP contribution in [0.5, 0.6) is 0 Å². The van der Waals surface area contributed by atoms with E-state index < -0.39 is 0 Å². The van der Waals surface area contributed by atoms with Crippen LogP contribution in [0.25, 0.3) is 62.2 Å². The van der Waals surface area contributed by atoms with Gasteiger partial charge in [-0.05, 0) is 64.4 Å². The second-order valence-corrected chi connectivity index (χ2v) is 13.1. The number of rotatable bonds is 4. The smallest absolute Gasteiger partial charge is 0.0640 e. The maximum atomic E-state index is 2.44. The van der Waals surface area contributed by atoms with Crippen LogP contribution < -0.4 is 4.90 Å². The molecule has 2 aromatic heterocycles. The van der Waals surface area contributed by atoms with Crippen LogP contribution >= 0.6 is 22.7 Å². The summed E-state index contributed by atoms with van der Waals surface area (Å²) in [5, 5.41) is 7.89. The lowest BCUT2D eigenvalue weighted by molar-refractivity contribution is 1.31. The Bertz CT molecular complexity index is 2450. The molecule has 0 atom stereocenters. The minimum absolute atomic E-state index is 1.15. The summed E-state index contributed by atoms with van der Waals surface area (Å²) in [5.74, 6) is 0. The fourth-order valence-corrected chi connectivity index (χ4v) is 8.80. The molecule has 7 aromatic carbocycles. The minimum Gasteiger partial charge on any atom is -0.309 e. The summed E-state index contributed by atoms with van der Waals surface area (Å²) in [6.07, 6.45) is 0. The highest BCUT2D eigenvalue weighted by molar-refractivity contribution is 7.26. The standard InChI is InChI=1S/C40H25NS2/c1-2-9-26(10-3-1)27-17-20-29(21-18-27)41(30-22-23-33-32-13-6-7-16-36(32)42-38(33)25-30)35-15-8-14-34-39-31-12-5-4-11-28(31)19-24-37(39)43-40(34)35/h1-25H. The Balaban J connectivity index is 1.29. The van der Waals surface area contributed by atoms with Crippen molar-refractivity contribution >= 4 is 90.9 Å². The van der Waals surface area contributed by atoms with Crippen LogP contribution in [0.2, 0.25) is 0 Å². The molecule has 9 rings (SSSR count). The Morgan fingerprint density at radius 2 is 1.09 bits per heavy atom. The van der Waals surface area contributed by atoms with Gasteiger partial charge >= 0.3 is 0 Å². The first-order valence-electron chi connectivity index (χ1n) is 14.5. The second-order valence-electron chi connectivity index (χ2n) is 10.9. The first-order chi connectivity index (χ1) is 21.3. The summed E-state index contributed by atoms with van der Waals surface area (Å²) < 4.78 is 5.25. The summed E-state index contributed by atoms with van der Waals surface area (Å²) in [6.45, 7) is 0. The van der Waals surface area contributed by atoms with Gasteiger partial charge in [-0.1, -0.05) is 109 Å². The molecule has 43 heavy (non-hydrogen) atoms. The quantitative estimate of drug-likeness (QED) is 0.199. The van der Waals surface area contributed by atoms with Crippen molar-refractivity contribution in [3.05, 3.63) is 152 Å². The van der Waals surface area contributed by atoms with Gasteiger partial charge in [0.25, 0.3) is 0 Å². The predicted molar refractivity (Wildman–Crippen MR) is 190 cm³/mol. The first-order valence-corrected chi connectivity index (χ1v) is 16.1. The van der Waals surface area contributed by atoms with Gasteiger partial charge in [-0.25, -0.2) is 0 Å². The highest BCUT2D eigenvalue weighted by Crippen LogP contribution is 2.47. The van der Waals surface area contributed by atoms with Crippen LogP contribution in [0.15, 0.2) is 152 Å². The maximum absolute atomic E-state index is 2.44. The molecular formula is C40H25NS2. The van der Waals surface area contributed by atoms with Gasteiger partial charge in [-0.3, -0.25) is 0 Å². The molecule has 0 saturated heterocycles. The highest BCUT2D eigenvalue weighted by Gasteiger charge is 2.20. The predicted octanol–water partition coefficient (Wildman–Crippen LogP) is 12.7. The average molecular weight is 584 g/mol. The number of thiophene rings is 2. The Kier molecular flexibility index (Phi) is 5.62. The zero-order valence-electron chi connectivity index (χ0n) is 23.2. The summed E-state index contributed by atoms with van der Waals surface area (Å²) >= 11 is 3.76. The van der Waals surface area contributed by atoms with Gasteiger partial charge in [0.2, 0.25) is 0 Å². The van der Waals surface area contributed by atoms with Gasteiger partial charge in [0, 0.05) is 47.0 Å². The number of benzene rings is 7. The van der Waals surface area contributed by atoms with E-state index in [-0.39, 0.29) is 0 Å². The summed E-state index contributed by atoms with van der Waals surface area (Å²) in [4.78, 5) is 2.44. The van der Waals surface area contributed by atoms with Gasteiger partial charge in [0.1, 0.15) is 0 Å². The van der Waals surface area contributed by atoms with Gasteiger partial charge < -0.3 is 4.90 Å². The van der Waals surface area contributed by atoms with E-state index in [0.29, 0.717) is 0 Å². The third kappa shape index (κ3) is 3.97. The fraction of sp³-hybridized carbons (Fsp3) is 0. The van der Waals surface area contributed by atoms with Crippen LogP contribution in [0.1, 0.15) is 0 Å². The monoisotopic (exact) mass is 583 g/mol. The van der Waals surface area contributed by atoms with Crippen molar-refractivity contribution < 1.29 is 0 Å². The first kappa shape index (κ1) is 24.6. The molecule has 0 aliphatic carbocycles. The molecule has 9 aromatic rings. The maximum Gasteiger partial charge on any atom is 0.0640 e. The van der Waals surface area contributed by atoms with Crippen LogP contribution in [-0.2, 0) is 0 Å². The highest BCUT2D eigenvalue weighted by atomic mass is 32.1. The number of anilines is 3. The van der Waals surface area contributed by atoms with E-state index >= 15 is 0 Å². The molecule has 0 fully saturated rings. The lowest BCUT2D eigenvalue weighted by Crippen LogP contribution is -2.09. The van der Waals surface area contributed by atoms with E-state index in [2.05, 4.69) is 157 Å². The van der Waals surface area contributed by atoms with E-state index in [0.717, 1.165) is 5.69 Å². The Morgan fingerprint density at radius 1 is 0.395 bits per heavy atom. The molecule has 2 heterocycles. The van der Waals surface area contributed by atoms with Crippen molar-refractivity contribution in [3.63, 3.8) is 0 Å². The lowest BCUT2D eigenvalue weighted by atomic mass is 10.0. The molecule has 202 valence electrons. The normalized spacial score (nSPS) is 11.7. The molecule has 0 radical (unpaired) electrons. The van der Waals surface area contributed by atoms with E-state index in [9.17, 15) is 0 Å². The van der Waals surface area contributed by atoms with Crippen molar-refractivity contribution in [2.24, 2.45) is 0 Å². The molecule has 3 heteroatoms. The van der Waals surface area contributed by atoms with Crippen LogP contribution in [-0.4, -0.2) is 0 Å². The van der Waals surface area contributed by atoms with E-state index in [1.54, 1.807) is 0 Å². The number of fused-ring (bicyclic) bond motifs is 8. The minimum atomic E-state index is 1.15. The Labute approximate surface area is 257 Å². The third-order valence-electron chi connectivity index (χ3n) is 8.46. The van der Waals surface area contributed by atoms with Crippen molar-refractivity contribution in [2.45, 2.75) is 0 Å². The molecule has 0 unspecified atom stereocenters. The summed E-state index contributed by atoms with van der Waals surface area (Å²) in [7, 11) is 0. The van der Waals surface area contributed by atoms with Gasteiger partial charge in [0.15, 0.2) is 0 Å². The molecular weight excluding hydrogens is 559 g/mol. The molecule has 0 aliphatic heterocycles. The van der Waals surface area contributed by atoms with E-state index in [4.69, 9.17) is 0 Å². The zero-order valence-corrected chi connectivity index (χ0v) is 24.8. The number of hydrogen-bond acceptors (Lipinski definition) is 3. The largest absolute Gasteiger partial charge is 0.309 e. The molecule has 0 amide bonds. The fourth-order valence-electron chi connectivity index (χ4n) is 6.44. The van der Waals surface area contributed by atoms with Gasteiger partial charge in [0.05, 0.1) is 10.4 Å². The van der Waals surface area contributed by atoms with Crippen molar-refractivity contribution in [1.82, 2.24) is 0 Å². The van der Waals surface area contributed by atoms with Crippen molar-refractivity contribution in [1.29, 1.82) is 0 Å². The van der Waals surface area contributed by atoms with Crippen LogP contribution in [0.4, 0.5) is 17.1 Å². The molecule has 0 aliphatic rings. The number of hydrogen-bond donors (Lipinski definition) is 0. The molecule has 0 spiro atoms. The van der Waals surface area contributed by atoms with E-state index in [1.807, 2.05) is 22.7 Å². The Hall–Kier alpha value is -4.96. The summed E-state index contributed by atoms with van der Waals surface area (Å²) in [5.41, 5.74) is 5.97. The van der Waals surface area contributed by atoms with Crippen LogP contribution in [0, 0.1) is 0 Å². The van der Waals surface area contributed by atoms with Crippen LogP contribution in [0.3, 0.4) is 0 Å². The lowest BCUT2D eigenvalue weighted by Gasteiger charge is -2.26. The third-order valence-corrected chi connectivity index (χ3v) is 10.8. The molecule has 0 bridgehead atoms. The SMILES string of the molecule is c1ccc(-c2ccc(N(c3ccc4c(c3)sc3ccccc34)c3cccc4c3sc3ccc5ccccc5c34)cc2)cc1. The zero-order chi connectivity index (χ0) is 28.3. The number of nitrogens with zero attached hydrogens (tertiary/aromatic N) is 1.